The molecule has 4 rings (SSSR count). The number of rotatable bonds is 5. The Kier molecular flexibility index (Phi) is 12.8. The maximum absolute atomic E-state index is 13.0. The molecule has 202 valence electrons. The molecule has 36 heavy (non-hydrogen) atoms. The van der Waals surface area contributed by atoms with Crippen LogP contribution in [-0.4, -0.2) is 47.0 Å². The average molecular weight is 508 g/mol. The van der Waals surface area contributed by atoms with Gasteiger partial charge in [-0.1, -0.05) is 20.8 Å². The smallest absolute Gasteiger partial charge is 0.223 e. The molecule has 2 fully saturated rings. The Morgan fingerprint density at radius 1 is 1.11 bits per heavy atom. The molecule has 1 saturated carbocycles. The van der Waals surface area contributed by atoms with Gasteiger partial charge in [0.15, 0.2) is 0 Å². The van der Waals surface area contributed by atoms with Crippen LogP contribution in [0.25, 0.3) is 0 Å². The summed E-state index contributed by atoms with van der Waals surface area (Å²) in [5, 5.41) is 15.2. The SMILES string of the molecule is CC(C)CNc1ccc(F)cc1F.CC1CCC(O)CC1.Cc1nc(NC2CCOCC2)ncc1N. The van der Waals surface area contributed by atoms with Crippen molar-refractivity contribution in [2.24, 2.45) is 11.8 Å². The summed E-state index contributed by atoms with van der Waals surface area (Å²) >= 11 is 0. The lowest BCUT2D eigenvalue weighted by molar-refractivity contribution is 0.0903. The highest BCUT2D eigenvalue weighted by atomic mass is 19.1. The first-order chi connectivity index (χ1) is 17.1. The fourth-order valence-electron chi connectivity index (χ4n) is 3.76. The van der Waals surface area contributed by atoms with Crippen LogP contribution in [0.15, 0.2) is 24.4 Å². The summed E-state index contributed by atoms with van der Waals surface area (Å²) in [5.74, 6) is 0.865. The van der Waals surface area contributed by atoms with Gasteiger partial charge in [0.25, 0.3) is 0 Å². The van der Waals surface area contributed by atoms with Crippen molar-refractivity contribution in [2.45, 2.75) is 78.4 Å². The second-order valence-electron chi connectivity index (χ2n) is 10.1. The molecule has 9 heteroatoms. The molecule has 5 N–H and O–H groups in total. The molecule has 0 bridgehead atoms. The van der Waals surface area contributed by atoms with E-state index in [0.29, 0.717) is 35.8 Å². The summed E-state index contributed by atoms with van der Waals surface area (Å²) in [6.45, 7) is 10.5. The van der Waals surface area contributed by atoms with E-state index in [4.69, 9.17) is 15.6 Å². The van der Waals surface area contributed by atoms with E-state index in [1.165, 1.54) is 25.0 Å². The number of aliphatic hydroxyl groups excluding tert-OH is 1. The highest BCUT2D eigenvalue weighted by Crippen LogP contribution is 2.22. The number of benzene rings is 1. The first-order valence-electron chi connectivity index (χ1n) is 12.9. The van der Waals surface area contributed by atoms with Crippen molar-refractivity contribution in [1.29, 1.82) is 0 Å². The van der Waals surface area contributed by atoms with Crippen molar-refractivity contribution in [1.82, 2.24) is 9.97 Å². The van der Waals surface area contributed by atoms with Crippen molar-refractivity contribution < 1.29 is 18.6 Å². The number of aliphatic hydroxyl groups is 1. The summed E-state index contributed by atoms with van der Waals surface area (Å²) in [4.78, 5) is 8.42. The molecule has 0 radical (unpaired) electrons. The summed E-state index contributed by atoms with van der Waals surface area (Å²) in [6, 6.07) is 3.95. The number of nitrogens with two attached hydrogens (primary N) is 1. The van der Waals surface area contributed by atoms with Crippen molar-refractivity contribution >= 4 is 17.3 Å². The Hall–Kier alpha value is -2.52. The molecule has 1 aromatic heterocycles. The number of halogens is 2. The summed E-state index contributed by atoms with van der Waals surface area (Å²) in [5.41, 5.74) is 7.46. The molecule has 1 aliphatic carbocycles. The van der Waals surface area contributed by atoms with Gasteiger partial charge in [-0.2, -0.15) is 0 Å². The monoisotopic (exact) mass is 507 g/mol. The number of nitrogens with one attached hydrogen (secondary N) is 2. The second-order valence-corrected chi connectivity index (χ2v) is 10.1. The van der Waals surface area contributed by atoms with Crippen molar-refractivity contribution in [2.75, 3.05) is 36.1 Å². The third kappa shape index (κ3) is 11.5. The third-order valence-corrected chi connectivity index (χ3v) is 6.19. The van der Waals surface area contributed by atoms with Crippen LogP contribution in [0, 0.1) is 30.4 Å². The standard InChI is InChI=1S/C10H13F2N.C10H16N4O.C7H14O/c1-7(2)6-13-10-4-3-8(11)5-9(10)12;1-7-9(11)6-12-10(13-7)14-8-2-4-15-5-3-8;1-6-2-4-7(8)5-3-6/h3-5,7,13H,6H2,1-2H3;6,8H,2-5,11H2,1H3,(H,12,13,14);6-8H,2-5H2,1H3. The molecule has 2 aromatic rings. The fourth-order valence-corrected chi connectivity index (χ4v) is 3.76. The van der Waals surface area contributed by atoms with Gasteiger partial charge in [0.1, 0.15) is 11.6 Å². The third-order valence-electron chi connectivity index (χ3n) is 6.19. The Morgan fingerprint density at radius 2 is 1.78 bits per heavy atom. The molecule has 1 aliphatic heterocycles. The molecule has 1 aromatic carbocycles. The number of hydrogen-bond donors (Lipinski definition) is 4. The van der Waals surface area contributed by atoms with Crippen LogP contribution in [0.5, 0.6) is 0 Å². The Bertz CT molecular complexity index is 892. The molecule has 1 saturated heterocycles. The van der Waals surface area contributed by atoms with Crippen LogP contribution in [0.4, 0.5) is 26.1 Å². The Morgan fingerprint density at radius 3 is 2.33 bits per heavy atom. The Balaban J connectivity index is 0.000000199. The number of ether oxygens (including phenoxy) is 1. The first kappa shape index (κ1) is 29.7. The number of nitrogen functional groups attached to an aromatic ring is 1. The molecular formula is C27H43F2N5O2. The van der Waals surface area contributed by atoms with Gasteiger partial charge in [0.05, 0.1) is 29.4 Å². The molecule has 2 aliphatic rings. The zero-order valence-corrected chi connectivity index (χ0v) is 22.1. The topological polar surface area (TPSA) is 105 Å². The zero-order valence-electron chi connectivity index (χ0n) is 22.1. The van der Waals surface area contributed by atoms with Crippen LogP contribution in [-0.2, 0) is 4.74 Å². The lowest BCUT2D eigenvalue weighted by Gasteiger charge is -2.23. The van der Waals surface area contributed by atoms with E-state index in [9.17, 15) is 8.78 Å². The molecule has 0 unspecified atom stereocenters. The predicted molar refractivity (Wildman–Crippen MR) is 142 cm³/mol. The van der Waals surface area contributed by atoms with Crippen LogP contribution in [0.2, 0.25) is 0 Å². The molecular weight excluding hydrogens is 464 g/mol. The Labute approximate surface area is 214 Å². The summed E-state index contributed by atoms with van der Waals surface area (Å²) in [7, 11) is 0. The van der Waals surface area contributed by atoms with Gasteiger partial charge in [-0.05, 0) is 69.4 Å². The molecule has 2 heterocycles. The van der Waals surface area contributed by atoms with Gasteiger partial charge in [-0.3, -0.25) is 0 Å². The maximum Gasteiger partial charge on any atom is 0.223 e. The first-order valence-corrected chi connectivity index (χ1v) is 12.9. The van der Waals surface area contributed by atoms with E-state index < -0.39 is 11.6 Å². The van der Waals surface area contributed by atoms with E-state index >= 15 is 0 Å². The lowest BCUT2D eigenvalue weighted by Crippen LogP contribution is -2.28. The fraction of sp³-hybridized carbons (Fsp3) is 0.630. The number of anilines is 3. The van der Waals surface area contributed by atoms with Gasteiger partial charge in [-0.25, -0.2) is 18.7 Å². The van der Waals surface area contributed by atoms with Crippen molar-refractivity contribution in [3.05, 3.63) is 41.7 Å². The van der Waals surface area contributed by atoms with Gasteiger partial charge >= 0.3 is 0 Å². The predicted octanol–water partition coefficient (Wildman–Crippen LogP) is 5.55. The van der Waals surface area contributed by atoms with E-state index in [2.05, 4.69) is 27.5 Å². The summed E-state index contributed by atoms with van der Waals surface area (Å²) in [6.07, 6.45) is 8.18. The quantitative estimate of drug-likeness (QED) is 0.421. The van der Waals surface area contributed by atoms with E-state index in [-0.39, 0.29) is 6.10 Å². The molecule has 0 atom stereocenters. The van der Waals surface area contributed by atoms with Crippen molar-refractivity contribution in [3.8, 4) is 0 Å². The minimum absolute atomic E-state index is 0.0196. The van der Waals surface area contributed by atoms with Gasteiger partial charge in [0.2, 0.25) is 5.95 Å². The van der Waals surface area contributed by atoms with Crippen LogP contribution < -0.4 is 16.4 Å². The molecule has 0 amide bonds. The normalized spacial score (nSPS) is 20.0. The van der Waals surface area contributed by atoms with Gasteiger partial charge in [0, 0.05) is 31.9 Å². The number of aryl methyl sites for hydroxylation is 1. The second kappa shape index (κ2) is 15.6. The maximum atomic E-state index is 13.0. The van der Waals surface area contributed by atoms with Crippen LogP contribution in [0.3, 0.4) is 0 Å². The number of nitrogens with zero attached hydrogens (tertiary/aromatic N) is 2. The largest absolute Gasteiger partial charge is 0.396 e. The van der Waals surface area contributed by atoms with Crippen LogP contribution in [0.1, 0.15) is 65.0 Å². The van der Waals surface area contributed by atoms with Gasteiger partial charge in [-0.15, -0.1) is 0 Å². The van der Waals surface area contributed by atoms with Gasteiger partial charge < -0.3 is 26.2 Å². The van der Waals surface area contributed by atoms with E-state index in [1.54, 1.807) is 6.20 Å². The summed E-state index contributed by atoms with van der Waals surface area (Å²) < 4.78 is 30.8. The van der Waals surface area contributed by atoms with Crippen LogP contribution >= 0.6 is 0 Å². The molecule has 7 nitrogen and oxygen atoms in total. The lowest BCUT2D eigenvalue weighted by atomic mass is 9.89. The van der Waals surface area contributed by atoms with Crippen molar-refractivity contribution in [3.63, 3.8) is 0 Å². The molecule has 0 spiro atoms. The van der Waals surface area contributed by atoms with E-state index in [0.717, 1.165) is 56.6 Å². The highest BCUT2D eigenvalue weighted by Gasteiger charge is 2.15. The number of aromatic nitrogens is 2. The highest BCUT2D eigenvalue weighted by molar-refractivity contribution is 5.44. The number of hydrogen-bond acceptors (Lipinski definition) is 7. The average Bonchev–Trinajstić information content (AvgIpc) is 2.84. The zero-order chi connectivity index (χ0) is 26.5. The minimum atomic E-state index is -0.549. The van der Waals surface area contributed by atoms with E-state index in [1.807, 2.05) is 20.8 Å². The minimum Gasteiger partial charge on any atom is -0.396 e.